The zero-order chi connectivity index (χ0) is 20.4. The maximum absolute atomic E-state index is 12.5. The molecule has 4 rings (SSSR count). The summed E-state index contributed by atoms with van der Waals surface area (Å²) in [7, 11) is 0. The number of hydrogen-bond donors (Lipinski definition) is 2. The first-order valence-corrected chi connectivity index (χ1v) is 9.86. The van der Waals surface area contributed by atoms with E-state index in [0.717, 1.165) is 33.8 Å². The van der Waals surface area contributed by atoms with Gasteiger partial charge < -0.3 is 10.3 Å². The van der Waals surface area contributed by atoms with Crippen molar-refractivity contribution in [2.24, 2.45) is 0 Å². The summed E-state index contributed by atoms with van der Waals surface area (Å²) in [5, 5.41) is 7.59. The van der Waals surface area contributed by atoms with Crippen LogP contribution in [-0.2, 0) is 11.2 Å². The lowest BCUT2D eigenvalue weighted by Gasteiger charge is -2.14. The highest BCUT2D eigenvalue weighted by molar-refractivity contribution is 5.77. The van der Waals surface area contributed by atoms with Crippen LogP contribution in [0.5, 0.6) is 0 Å². The number of aromatic nitrogens is 4. The number of hydrogen-bond acceptors (Lipinski definition) is 3. The number of aromatic amines is 1. The fourth-order valence-corrected chi connectivity index (χ4v) is 3.54. The molecule has 2 N–H and O–H groups in total. The number of fused-ring (bicyclic) bond motifs is 1. The second-order valence-corrected chi connectivity index (χ2v) is 7.42. The Bertz CT molecular complexity index is 1110. The Morgan fingerprint density at radius 1 is 1.14 bits per heavy atom. The fraction of sp³-hybridized carbons (Fsp3) is 0.261. The molecule has 0 saturated heterocycles. The molecule has 0 aliphatic heterocycles. The van der Waals surface area contributed by atoms with Gasteiger partial charge >= 0.3 is 0 Å². The van der Waals surface area contributed by atoms with E-state index < -0.39 is 0 Å². The second kappa shape index (κ2) is 7.91. The van der Waals surface area contributed by atoms with Crippen LogP contribution in [0.3, 0.4) is 0 Å². The first-order chi connectivity index (χ1) is 14.0. The Labute approximate surface area is 170 Å². The van der Waals surface area contributed by atoms with Gasteiger partial charge in [-0.2, -0.15) is 5.10 Å². The van der Waals surface area contributed by atoms with Gasteiger partial charge in [-0.05, 0) is 45.0 Å². The van der Waals surface area contributed by atoms with Crippen molar-refractivity contribution in [3.63, 3.8) is 0 Å². The Balaban J connectivity index is 1.39. The molecular formula is C23H25N5O. The molecule has 0 saturated carbocycles. The van der Waals surface area contributed by atoms with E-state index in [-0.39, 0.29) is 11.9 Å². The highest BCUT2D eigenvalue weighted by atomic mass is 16.1. The summed E-state index contributed by atoms with van der Waals surface area (Å²) in [5.74, 6) is 0.831. The standard InChI is InChI=1S/C23H25N5O/c1-15-8-10-18(11-9-15)28-17(3)19(14-24-28)16(2)25-23(29)13-12-22-26-20-6-4-5-7-21(20)27-22/h4-11,14,16H,12-13H2,1-3H3,(H,25,29)(H,26,27). The van der Waals surface area contributed by atoms with Crippen molar-refractivity contribution >= 4 is 16.9 Å². The van der Waals surface area contributed by atoms with Crippen LogP contribution in [0.25, 0.3) is 16.7 Å². The van der Waals surface area contributed by atoms with Crippen LogP contribution in [0.4, 0.5) is 0 Å². The molecule has 1 atom stereocenters. The maximum atomic E-state index is 12.5. The molecule has 2 aromatic heterocycles. The SMILES string of the molecule is Cc1ccc(-n2ncc(C(C)NC(=O)CCc3nc4ccccc4[nH]3)c2C)cc1. The number of nitrogens with zero attached hydrogens (tertiary/aromatic N) is 3. The van der Waals surface area contributed by atoms with Gasteiger partial charge in [-0.25, -0.2) is 9.67 Å². The van der Waals surface area contributed by atoms with E-state index in [2.05, 4.69) is 51.6 Å². The Hall–Kier alpha value is -3.41. The van der Waals surface area contributed by atoms with Gasteiger partial charge in [0.25, 0.3) is 0 Å². The van der Waals surface area contributed by atoms with Gasteiger partial charge in [-0.1, -0.05) is 29.8 Å². The van der Waals surface area contributed by atoms with E-state index in [1.54, 1.807) is 0 Å². The molecule has 0 fully saturated rings. The summed E-state index contributed by atoms with van der Waals surface area (Å²) in [6.45, 7) is 6.08. The molecule has 29 heavy (non-hydrogen) atoms. The van der Waals surface area contributed by atoms with Gasteiger partial charge in [0.15, 0.2) is 0 Å². The van der Waals surface area contributed by atoms with Crippen LogP contribution >= 0.6 is 0 Å². The smallest absolute Gasteiger partial charge is 0.220 e. The van der Waals surface area contributed by atoms with Crippen molar-refractivity contribution in [1.82, 2.24) is 25.1 Å². The highest BCUT2D eigenvalue weighted by Gasteiger charge is 2.16. The molecule has 0 aliphatic rings. The Morgan fingerprint density at radius 3 is 2.66 bits per heavy atom. The van der Waals surface area contributed by atoms with E-state index in [9.17, 15) is 4.79 Å². The molecular weight excluding hydrogens is 362 g/mol. The third kappa shape index (κ3) is 4.06. The molecule has 0 bridgehead atoms. The minimum Gasteiger partial charge on any atom is -0.349 e. The molecule has 0 spiro atoms. The summed E-state index contributed by atoms with van der Waals surface area (Å²) in [5.41, 5.74) is 6.19. The maximum Gasteiger partial charge on any atom is 0.220 e. The molecule has 148 valence electrons. The lowest BCUT2D eigenvalue weighted by atomic mass is 10.1. The normalized spacial score (nSPS) is 12.2. The van der Waals surface area contributed by atoms with Crippen molar-refractivity contribution in [2.45, 2.75) is 39.7 Å². The number of rotatable bonds is 6. The van der Waals surface area contributed by atoms with Crippen LogP contribution in [0.15, 0.2) is 54.7 Å². The monoisotopic (exact) mass is 387 g/mol. The first-order valence-electron chi connectivity index (χ1n) is 9.86. The minimum atomic E-state index is -0.114. The third-order valence-corrected chi connectivity index (χ3v) is 5.20. The van der Waals surface area contributed by atoms with Crippen LogP contribution in [0.2, 0.25) is 0 Å². The summed E-state index contributed by atoms with van der Waals surface area (Å²) in [6.07, 6.45) is 2.80. The van der Waals surface area contributed by atoms with Gasteiger partial charge in [0, 0.05) is 24.1 Å². The summed E-state index contributed by atoms with van der Waals surface area (Å²) in [4.78, 5) is 20.3. The topological polar surface area (TPSA) is 75.6 Å². The van der Waals surface area contributed by atoms with Crippen LogP contribution in [0, 0.1) is 13.8 Å². The van der Waals surface area contributed by atoms with Crippen molar-refractivity contribution in [1.29, 1.82) is 0 Å². The Morgan fingerprint density at radius 2 is 1.90 bits per heavy atom. The molecule has 6 nitrogen and oxygen atoms in total. The molecule has 1 amide bonds. The predicted molar refractivity (Wildman–Crippen MR) is 114 cm³/mol. The predicted octanol–water partition coefficient (Wildman–Crippen LogP) is 4.18. The van der Waals surface area contributed by atoms with E-state index in [1.165, 1.54) is 5.56 Å². The molecule has 2 heterocycles. The molecule has 2 aromatic carbocycles. The van der Waals surface area contributed by atoms with Crippen molar-refractivity contribution in [2.75, 3.05) is 0 Å². The average Bonchev–Trinajstić information content (AvgIpc) is 3.30. The lowest BCUT2D eigenvalue weighted by molar-refractivity contribution is -0.121. The van der Waals surface area contributed by atoms with Gasteiger partial charge in [-0.3, -0.25) is 4.79 Å². The number of amides is 1. The summed E-state index contributed by atoms with van der Waals surface area (Å²) >= 11 is 0. The Kier molecular flexibility index (Phi) is 5.16. The number of carbonyl (C=O) groups is 1. The molecule has 4 aromatic rings. The number of para-hydroxylation sites is 2. The molecule has 0 aliphatic carbocycles. The van der Waals surface area contributed by atoms with Crippen molar-refractivity contribution < 1.29 is 4.79 Å². The van der Waals surface area contributed by atoms with Gasteiger partial charge in [0.2, 0.25) is 5.91 Å². The summed E-state index contributed by atoms with van der Waals surface area (Å²) < 4.78 is 1.91. The first kappa shape index (κ1) is 18.9. The van der Waals surface area contributed by atoms with Gasteiger partial charge in [0.1, 0.15) is 5.82 Å². The zero-order valence-corrected chi connectivity index (χ0v) is 16.9. The second-order valence-electron chi connectivity index (χ2n) is 7.42. The minimum absolute atomic E-state index is 0.000409. The number of benzene rings is 2. The number of carbonyl (C=O) groups excluding carboxylic acids is 1. The molecule has 0 radical (unpaired) electrons. The largest absolute Gasteiger partial charge is 0.349 e. The quantitative estimate of drug-likeness (QED) is 0.521. The number of aryl methyl sites for hydroxylation is 2. The number of nitrogens with one attached hydrogen (secondary N) is 2. The molecule has 1 unspecified atom stereocenters. The third-order valence-electron chi connectivity index (χ3n) is 5.20. The van der Waals surface area contributed by atoms with Crippen LogP contribution in [0.1, 0.15) is 42.0 Å². The van der Waals surface area contributed by atoms with Crippen LogP contribution < -0.4 is 5.32 Å². The van der Waals surface area contributed by atoms with E-state index >= 15 is 0 Å². The van der Waals surface area contributed by atoms with Crippen LogP contribution in [-0.4, -0.2) is 25.7 Å². The zero-order valence-electron chi connectivity index (χ0n) is 16.9. The fourth-order valence-electron chi connectivity index (χ4n) is 3.54. The van der Waals surface area contributed by atoms with E-state index in [1.807, 2.05) is 49.0 Å². The van der Waals surface area contributed by atoms with Gasteiger partial charge in [0.05, 0.1) is 29.0 Å². The van der Waals surface area contributed by atoms with Crippen molar-refractivity contribution in [3.8, 4) is 5.69 Å². The van der Waals surface area contributed by atoms with Crippen molar-refractivity contribution in [3.05, 3.63) is 77.4 Å². The van der Waals surface area contributed by atoms with Gasteiger partial charge in [-0.15, -0.1) is 0 Å². The summed E-state index contributed by atoms with van der Waals surface area (Å²) in [6, 6.07) is 16.0. The number of imidazole rings is 1. The number of H-pyrrole nitrogens is 1. The molecule has 6 heteroatoms. The average molecular weight is 387 g/mol. The van der Waals surface area contributed by atoms with E-state index in [0.29, 0.717) is 12.8 Å². The van der Waals surface area contributed by atoms with E-state index in [4.69, 9.17) is 0 Å². The highest BCUT2D eigenvalue weighted by Crippen LogP contribution is 2.20. The lowest BCUT2D eigenvalue weighted by Crippen LogP contribution is -2.27.